The smallest absolute Gasteiger partial charge is 0.213 e. The zero-order valence-corrected chi connectivity index (χ0v) is 8.26. The lowest BCUT2D eigenvalue weighted by molar-refractivity contribution is 0.0246. The molecular formula is C9H15N3O2. The third-order valence-corrected chi connectivity index (χ3v) is 2.77. The molecule has 0 spiro atoms. The molecule has 0 radical (unpaired) electrons. The molecule has 1 saturated heterocycles. The summed E-state index contributed by atoms with van der Waals surface area (Å²) >= 11 is 0. The fourth-order valence-electron chi connectivity index (χ4n) is 1.72. The van der Waals surface area contributed by atoms with Crippen molar-refractivity contribution in [3.63, 3.8) is 0 Å². The first-order valence-corrected chi connectivity index (χ1v) is 4.91. The molecule has 0 aromatic carbocycles. The van der Waals surface area contributed by atoms with E-state index < -0.39 is 0 Å². The van der Waals surface area contributed by atoms with Crippen LogP contribution in [0.15, 0.2) is 10.9 Å². The van der Waals surface area contributed by atoms with Crippen molar-refractivity contribution in [2.75, 3.05) is 13.1 Å². The highest BCUT2D eigenvalue weighted by molar-refractivity contribution is 4.83. The first kappa shape index (κ1) is 9.61. The van der Waals surface area contributed by atoms with E-state index in [-0.39, 0.29) is 6.10 Å². The Morgan fingerprint density at radius 3 is 3.21 bits per heavy atom. The van der Waals surface area contributed by atoms with Crippen LogP contribution in [-0.2, 0) is 6.54 Å². The van der Waals surface area contributed by atoms with Crippen molar-refractivity contribution >= 4 is 0 Å². The van der Waals surface area contributed by atoms with E-state index in [9.17, 15) is 5.11 Å². The number of aliphatic hydroxyl groups excluding tert-OH is 1. The molecule has 2 unspecified atom stereocenters. The van der Waals surface area contributed by atoms with E-state index in [1.807, 2.05) is 0 Å². The summed E-state index contributed by atoms with van der Waals surface area (Å²) in [6, 6.07) is 0. The second kappa shape index (κ2) is 4.06. The minimum absolute atomic E-state index is 0.226. The molecule has 0 bridgehead atoms. The Kier molecular flexibility index (Phi) is 2.79. The molecule has 1 fully saturated rings. The average Bonchev–Trinajstić information content (AvgIpc) is 2.64. The third-order valence-electron chi connectivity index (χ3n) is 2.77. The molecule has 1 aliphatic rings. The zero-order chi connectivity index (χ0) is 9.97. The zero-order valence-electron chi connectivity index (χ0n) is 8.26. The number of β-amino-alcohol motifs (C(OH)–C–C–N with tert-alkyl or cyclic N) is 1. The van der Waals surface area contributed by atoms with E-state index >= 15 is 0 Å². The van der Waals surface area contributed by atoms with Crippen LogP contribution in [0, 0.1) is 5.92 Å². The van der Waals surface area contributed by atoms with Crippen molar-refractivity contribution in [2.45, 2.75) is 26.0 Å². The predicted octanol–water partition coefficient (Wildman–Crippen LogP) is 0.272. The van der Waals surface area contributed by atoms with Gasteiger partial charge < -0.3 is 9.63 Å². The summed E-state index contributed by atoms with van der Waals surface area (Å²) in [5.74, 6) is 1.09. The molecule has 2 atom stereocenters. The number of aliphatic hydroxyl groups is 1. The Balaban J connectivity index is 1.88. The summed E-state index contributed by atoms with van der Waals surface area (Å²) < 4.78 is 4.65. The Morgan fingerprint density at radius 1 is 1.71 bits per heavy atom. The largest absolute Gasteiger partial charge is 0.392 e. The summed E-state index contributed by atoms with van der Waals surface area (Å²) in [5, 5.41) is 13.4. The van der Waals surface area contributed by atoms with E-state index in [1.54, 1.807) is 0 Å². The van der Waals surface area contributed by atoms with E-state index in [0.717, 1.165) is 13.0 Å². The van der Waals surface area contributed by atoms with Gasteiger partial charge in [0.05, 0.1) is 12.6 Å². The van der Waals surface area contributed by atoms with Gasteiger partial charge in [-0.15, -0.1) is 0 Å². The number of piperidine rings is 1. The number of rotatable bonds is 2. The fourth-order valence-corrected chi connectivity index (χ4v) is 1.72. The molecule has 5 heteroatoms. The SMILES string of the molecule is CC1CCN(Cc2ncon2)CC1O. The topological polar surface area (TPSA) is 62.4 Å². The van der Waals surface area contributed by atoms with Gasteiger partial charge in [0.1, 0.15) is 0 Å². The van der Waals surface area contributed by atoms with Gasteiger partial charge in [-0.25, -0.2) is 0 Å². The van der Waals surface area contributed by atoms with Crippen LogP contribution < -0.4 is 0 Å². The molecule has 1 aromatic heterocycles. The predicted molar refractivity (Wildman–Crippen MR) is 49.4 cm³/mol. The average molecular weight is 197 g/mol. The summed E-state index contributed by atoms with van der Waals surface area (Å²) in [6.45, 7) is 4.44. The molecule has 0 amide bonds. The summed E-state index contributed by atoms with van der Waals surface area (Å²) in [5.41, 5.74) is 0. The Labute approximate surface area is 82.7 Å². The van der Waals surface area contributed by atoms with Crippen LogP contribution in [0.5, 0.6) is 0 Å². The molecule has 0 saturated carbocycles. The highest BCUT2D eigenvalue weighted by atomic mass is 16.5. The lowest BCUT2D eigenvalue weighted by Gasteiger charge is -2.33. The van der Waals surface area contributed by atoms with Gasteiger partial charge in [-0.05, 0) is 18.9 Å². The maximum Gasteiger partial charge on any atom is 0.213 e. The van der Waals surface area contributed by atoms with Crippen molar-refractivity contribution in [2.24, 2.45) is 5.92 Å². The third kappa shape index (κ3) is 2.10. The van der Waals surface area contributed by atoms with Gasteiger partial charge in [-0.1, -0.05) is 12.1 Å². The standard InChI is InChI=1S/C9H15N3O2/c1-7-2-3-12(4-8(7)13)5-9-10-6-14-11-9/h6-8,13H,2-5H2,1H3. The molecule has 0 aliphatic carbocycles. The normalized spacial score (nSPS) is 29.3. The number of likely N-dealkylation sites (tertiary alicyclic amines) is 1. The minimum Gasteiger partial charge on any atom is -0.392 e. The van der Waals surface area contributed by atoms with Crippen LogP contribution in [0.2, 0.25) is 0 Å². The van der Waals surface area contributed by atoms with E-state index in [2.05, 4.69) is 26.5 Å². The lowest BCUT2D eigenvalue weighted by atomic mass is 9.96. The lowest BCUT2D eigenvalue weighted by Crippen LogP contribution is -2.42. The molecule has 1 aliphatic heterocycles. The molecule has 14 heavy (non-hydrogen) atoms. The van der Waals surface area contributed by atoms with Gasteiger partial charge in [0.25, 0.3) is 0 Å². The highest BCUT2D eigenvalue weighted by Gasteiger charge is 2.24. The Morgan fingerprint density at radius 2 is 2.57 bits per heavy atom. The number of hydrogen-bond donors (Lipinski definition) is 1. The van der Waals surface area contributed by atoms with Gasteiger partial charge >= 0.3 is 0 Å². The van der Waals surface area contributed by atoms with Crippen LogP contribution in [0.25, 0.3) is 0 Å². The quantitative estimate of drug-likeness (QED) is 0.737. The van der Waals surface area contributed by atoms with Crippen LogP contribution in [-0.4, -0.2) is 39.3 Å². The van der Waals surface area contributed by atoms with Crippen LogP contribution in [0.1, 0.15) is 19.2 Å². The molecule has 2 heterocycles. The summed E-state index contributed by atoms with van der Waals surface area (Å²) in [6.07, 6.45) is 2.13. The van der Waals surface area contributed by atoms with Gasteiger partial charge in [-0.2, -0.15) is 4.98 Å². The van der Waals surface area contributed by atoms with Crippen molar-refractivity contribution in [3.8, 4) is 0 Å². The van der Waals surface area contributed by atoms with Crippen molar-refractivity contribution in [1.29, 1.82) is 0 Å². The molecule has 1 aromatic rings. The molecule has 78 valence electrons. The monoisotopic (exact) mass is 197 g/mol. The van der Waals surface area contributed by atoms with Crippen molar-refractivity contribution < 1.29 is 9.63 Å². The van der Waals surface area contributed by atoms with Crippen LogP contribution in [0.4, 0.5) is 0 Å². The van der Waals surface area contributed by atoms with Crippen LogP contribution >= 0.6 is 0 Å². The number of aromatic nitrogens is 2. The molecule has 5 nitrogen and oxygen atoms in total. The van der Waals surface area contributed by atoms with Crippen LogP contribution in [0.3, 0.4) is 0 Å². The Bertz CT molecular complexity index is 276. The van der Waals surface area contributed by atoms with Gasteiger partial charge in [0.15, 0.2) is 5.82 Å². The van der Waals surface area contributed by atoms with Crippen molar-refractivity contribution in [1.82, 2.24) is 15.0 Å². The minimum atomic E-state index is -0.226. The highest BCUT2D eigenvalue weighted by Crippen LogP contribution is 2.17. The second-order valence-corrected chi connectivity index (χ2v) is 3.92. The van der Waals surface area contributed by atoms with Gasteiger partial charge in [0, 0.05) is 6.54 Å². The second-order valence-electron chi connectivity index (χ2n) is 3.92. The van der Waals surface area contributed by atoms with E-state index in [1.165, 1.54) is 6.39 Å². The fraction of sp³-hybridized carbons (Fsp3) is 0.778. The molecule has 2 rings (SSSR count). The van der Waals surface area contributed by atoms with Crippen molar-refractivity contribution in [3.05, 3.63) is 12.2 Å². The summed E-state index contributed by atoms with van der Waals surface area (Å²) in [4.78, 5) is 6.10. The molecular weight excluding hydrogens is 182 g/mol. The van der Waals surface area contributed by atoms with E-state index in [0.29, 0.717) is 24.8 Å². The number of nitrogens with zero attached hydrogens (tertiary/aromatic N) is 3. The van der Waals surface area contributed by atoms with Gasteiger partial charge in [-0.3, -0.25) is 4.90 Å². The van der Waals surface area contributed by atoms with E-state index in [4.69, 9.17) is 0 Å². The Hall–Kier alpha value is -0.940. The maximum atomic E-state index is 9.67. The molecule has 1 N–H and O–H groups in total. The first-order valence-electron chi connectivity index (χ1n) is 4.91. The maximum absolute atomic E-state index is 9.67. The van der Waals surface area contributed by atoms with Gasteiger partial charge in [0.2, 0.25) is 6.39 Å². The summed E-state index contributed by atoms with van der Waals surface area (Å²) in [7, 11) is 0. The first-order chi connectivity index (χ1) is 6.75. The number of hydrogen-bond acceptors (Lipinski definition) is 5.